The lowest BCUT2D eigenvalue weighted by Gasteiger charge is -2.40. The Morgan fingerprint density at radius 2 is 1.71 bits per heavy atom. The number of nitrogens with zero attached hydrogens (tertiary/aromatic N) is 3. The molecule has 0 bridgehead atoms. The van der Waals surface area contributed by atoms with E-state index in [-0.39, 0.29) is 48.6 Å². The van der Waals surface area contributed by atoms with E-state index in [1.54, 1.807) is 28.0 Å². The number of benzene rings is 1. The van der Waals surface area contributed by atoms with Gasteiger partial charge in [0.2, 0.25) is 15.9 Å². The maximum absolute atomic E-state index is 13.3. The van der Waals surface area contributed by atoms with E-state index in [2.05, 4.69) is 0 Å². The minimum atomic E-state index is -3.76. The van der Waals surface area contributed by atoms with Gasteiger partial charge in [0.15, 0.2) is 17.3 Å². The van der Waals surface area contributed by atoms with Crippen molar-refractivity contribution >= 4 is 21.8 Å². The number of hydrogen-bond donors (Lipinski definition) is 0. The molecule has 1 aromatic carbocycles. The molecule has 1 atom stereocenters. The average Bonchev–Trinajstić information content (AvgIpc) is 3.42. The van der Waals surface area contributed by atoms with Gasteiger partial charge in [-0.1, -0.05) is 0 Å². The summed E-state index contributed by atoms with van der Waals surface area (Å²) >= 11 is 0. The summed E-state index contributed by atoms with van der Waals surface area (Å²) in [7, 11) is -0.832. The first-order chi connectivity index (χ1) is 16.4. The van der Waals surface area contributed by atoms with E-state index < -0.39 is 16.1 Å². The minimum Gasteiger partial charge on any atom is -0.493 e. The van der Waals surface area contributed by atoms with Crippen LogP contribution in [-0.4, -0.2) is 87.3 Å². The van der Waals surface area contributed by atoms with Crippen LogP contribution in [0.5, 0.6) is 11.5 Å². The number of hydrogen-bond acceptors (Lipinski definition) is 7. The zero-order valence-corrected chi connectivity index (χ0v) is 20.1. The van der Waals surface area contributed by atoms with Gasteiger partial charge in [-0.3, -0.25) is 9.59 Å². The number of likely N-dealkylation sites (tertiary alicyclic amines) is 1. The lowest BCUT2D eigenvalue weighted by molar-refractivity contribution is -0.138. The summed E-state index contributed by atoms with van der Waals surface area (Å²) in [4.78, 5) is 29.5. The van der Waals surface area contributed by atoms with Crippen LogP contribution in [0.4, 0.5) is 0 Å². The number of sulfonamides is 1. The number of methoxy groups -OCH3 is 2. The van der Waals surface area contributed by atoms with Crippen molar-refractivity contribution in [3.63, 3.8) is 0 Å². The Balaban J connectivity index is 1.43. The van der Waals surface area contributed by atoms with Gasteiger partial charge in [0, 0.05) is 38.8 Å². The predicted octanol–water partition coefficient (Wildman–Crippen LogP) is 1.82. The molecule has 1 aromatic heterocycles. The molecule has 2 aliphatic heterocycles. The normalized spacial score (nSPS) is 19.6. The summed E-state index contributed by atoms with van der Waals surface area (Å²) in [5.41, 5.74) is 0. The SMILES string of the molecule is COc1ccc(S(=O)(=O)N2CCN(C(=O)C3CCCCN3C(=O)c3ccco3)CC2)cc1OC. The Morgan fingerprint density at radius 1 is 0.971 bits per heavy atom. The second kappa shape index (κ2) is 10.1. The van der Waals surface area contributed by atoms with E-state index in [1.165, 1.54) is 36.9 Å². The largest absolute Gasteiger partial charge is 0.493 e. The highest BCUT2D eigenvalue weighted by atomic mass is 32.2. The third kappa shape index (κ3) is 4.62. The highest BCUT2D eigenvalue weighted by Gasteiger charge is 2.38. The van der Waals surface area contributed by atoms with Crippen molar-refractivity contribution in [3.05, 3.63) is 42.4 Å². The fourth-order valence-electron chi connectivity index (χ4n) is 4.46. The van der Waals surface area contributed by atoms with Gasteiger partial charge in [0.25, 0.3) is 5.91 Å². The first-order valence-electron chi connectivity index (χ1n) is 11.2. The Bertz CT molecular complexity index is 1130. The highest BCUT2D eigenvalue weighted by Crippen LogP contribution is 2.31. The molecule has 0 aliphatic carbocycles. The van der Waals surface area contributed by atoms with Crippen molar-refractivity contribution in [2.24, 2.45) is 0 Å². The summed E-state index contributed by atoms with van der Waals surface area (Å²) < 4.78 is 43.4. The average molecular weight is 492 g/mol. The summed E-state index contributed by atoms with van der Waals surface area (Å²) in [6.45, 7) is 1.33. The number of piperazine rings is 1. The highest BCUT2D eigenvalue weighted by molar-refractivity contribution is 7.89. The molecule has 0 N–H and O–H groups in total. The number of carbonyl (C=O) groups excluding carboxylic acids is 2. The van der Waals surface area contributed by atoms with Crippen LogP contribution in [0.3, 0.4) is 0 Å². The molecule has 0 saturated carbocycles. The van der Waals surface area contributed by atoms with Crippen LogP contribution >= 0.6 is 0 Å². The molecule has 2 saturated heterocycles. The van der Waals surface area contributed by atoms with Crippen molar-refractivity contribution in [3.8, 4) is 11.5 Å². The summed E-state index contributed by atoms with van der Waals surface area (Å²) in [5.74, 6) is 0.542. The summed E-state index contributed by atoms with van der Waals surface area (Å²) in [6.07, 6.45) is 3.70. The molecular formula is C23H29N3O7S. The first-order valence-corrected chi connectivity index (χ1v) is 12.7. The second-order valence-corrected chi connectivity index (χ2v) is 10.2. The zero-order chi connectivity index (χ0) is 24.3. The molecule has 1 unspecified atom stereocenters. The number of carbonyl (C=O) groups is 2. The van der Waals surface area contributed by atoms with Crippen molar-refractivity contribution in [2.45, 2.75) is 30.2 Å². The van der Waals surface area contributed by atoms with Crippen LogP contribution in [0.25, 0.3) is 0 Å². The van der Waals surface area contributed by atoms with E-state index in [0.717, 1.165) is 12.8 Å². The van der Waals surface area contributed by atoms with Crippen LogP contribution < -0.4 is 9.47 Å². The molecule has 34 heavy (non-hydrogen) atoms. The third-order valence-corrected chi connectivity index (χ3v) is 8.22. The van der Waals surface area contributed by atoms with Gasteiger partial charge in [0.1, 0.15) is 6.04 Å². The monoisotopic (exact) mass is 491 g/mol. The molecule has 11 heteroatoms. The maximum Gasteiger partial charge on any atom is 0.290 e. The molecule has 2 fully saturated rings. The molecule has 2 aliphatic rings. The number of rotatable bonds is 6. The van der Waals surface area contributed by atoms with Gasteiger partial charge in [-0.2, -0.15) is 4.31 Å². The minimum absolute atomic E-state index is 0.104. The van der Waals surface area contributed by atoms with Crippen molar-refractivity contribution in [2.75, 3.05) is 46.9 Å². The van der Waals surface area contributed by atoms with E-state index in [0.29, 0.717) is 24.5 Å². The Labute approximate surface area is 199 Å². The fourth-order valence-corrected chi connectivity index (χ4v) is 5.90. The Morgan fingerprint density at radius 3 is 2.35 bits per heavy atom. The van der Waals surface area contributed by atoms with E-state index in [4.69, 9.17) is 13.9 Å². The van der Waals surface area contributed by atoms with Crippen LogP contribution in [0.1, 0.15) is 29.8 Å². The van der Waals surface area contributed by atoms with Crippen molar-refractivity contribution in [1.29, 1.82) is 0 Å². The standard InChI is InChI=1S/C23H29N3O7S/c1-31-19-9-8-17(16-21(19)32-2)34(29,30)25-13-11-24(12-14-25)22(27)18-6-3-4-10-26(18)23(28)20-7-5-15-33-20/h5,7-9,15-16,18H,3-4,6,10-14H2,1-2H3. The van der Waals surface area contributed by atoms with Gasteiger partial charge >= 0.3 is 0 Å². The van der Waals surface area contributed by atoms with Gasteiger partial charge in [-0.25, -0.2) is 8.42 Å². The third-order valence-electron chi connectivity index (χ3n) is 6.32. The topological polar surface area (TPSA) is 110 Å². The summed E-state index contributed by atoms with van der Waals surface area (Å²) in [5, 5.41) is 0. The summed E-state index contributed by atoms with van der Waals surface area (Å²) in [6, 6.07) is 7.14. The van der Waals surface area contributed by atoms with Crippen LogP contribution in [0.15, 0.2) is 45.9 Å². The lowest BCUT2D eigenvalue weighted by Crippen LogP contribution is -2.57. The van der Waals surface area contributed by atoms with Gasteiger partial charge in [-0.05, 0) is 43.5 Å². The lowest BCUT2D eigenvalue weighted by atomic mass is 10.00. The first kappa shape index (κ1) is 24.1. The molecule has 0 spiro atoms. The van der Waals surface area contributed by atoms with Crippen LogP contribution in [0, 0.1) is 0 Å². The van der Waals surface area contributed by atoms with Gasteiger partial charge in [0.05, 0.1) is 25.4 Å². The van der Waals surface area contributed by atoms with Crippen LogP contribution in [0.2, 0.25) is 0 Å². The number of furan rings is 1. The molecule has 184 valence electrons. The van der Waals surface area contributed by atoms with E-state index in [9.17, 15) is 18.0 Å². The Hall–Kier alpha value is -3.05. The zero-order valence-electron chi connectivity index (χ0n) is 19.3. The number of amides is 2. The molecule has 2 aromatic rings. The van der Waals surface area contributed by atoms with Gasteiger partial charge < -0.3 is 23.7 Å². The number of piperidine rings is 1. The molecular weight excluding hydrogens is 462 g/mol. The Kier molecular flexibility index (Phi) is 7.13. The van der Waals surface area contributed by atoms with E-state index in [1.807, 2.05) is 0 Å². The van der Waals surface area contributed by atoms with Crippen LogP contribution in [-0.2, 0) is 14.8 Å². The maximum atomic E-state index is 13.3. The molecule has 0 radical (unpaired) electrons. The molecule has 10 nitrogen and oxygen atoms in total. The molecule has 2 amide bonds. The second-order valence-electron chi connectivity index (χ2n) is 8.23. The molecule has 3 heterocycles. The quantitative estimate of drug-likeness (QED) is 0.606. The van der Waals surface area contributed by atoms with Crippen molar-refractivity contribution < 1.29 is 31.9 Å². The predicted molar refractivity (Wildman–Crippen MR) is 122 cm³/mol. The van der Waals surface area contributed by atoms with Gasteiger partial charge in [-0.15, -0.1) is 0 Å². The smallest absolute Gasteiger partial charge is 0.290 e. The number of ether oxygens (including phenoxy) is 2. The molecule has 4 rings (SSSR count). The van der Waals surface area contributed by atoms with Crippen molar-refractivity contribution in [1.82, 2.24) is 14.1 Å². The van der Waals surface area contributed by atoms with E-state index >= 15 is 0 Å². The fraction of sp³-hybridized carbons (Fsp3) is 0.478.